The molecule has 1 amide bonds. The molecule has 2 heterocycles. The van der Waals surface area contributed by atoms with Crippen LogP contribution in [0.3, 0.4) is 0 Å². The second kappa shape index (κ2) is 6.44. The summed E-state index contributed by atoms with van der Waals surface area (Å²) in [6.07, 6.45) is 2.37. The standard InChI is InChI=1S/C16H18F2N4O/c1-10-19-15(21-20-10)8-11-4-6-22(7-5-11)16(23)13-9-12(17)2-3-14(13)18/h2-3,9,11H,4-8H2,1H3,(H,19,20,21). The summed E-state index contributed by atoms with van der Waals surface area (Å²) in [5.74, 6) is 0.220. The van der Waals surface area contributed by atoms with Crippen LogP contribution in [0.4, 0.5) is 8.78 Å². The molecular weight excluding hydrogens is 302 g/mol. The molecule has 0 aliphatic carbocycles. The van der Waals surface area contributed by atoms with Crippen LogP contribution in [0.2, 0.25) is 0 Å². The molecule has 1 aliphatic heterocycles. The summed E-state index contributed by atoms with van der Waals surface area (Å²) >= 11 is 0. The van der Waals surface area contributed by atoms with Crippen LogP contribution in [0.15, 0.2) is 18.2 Å². The Kier molecular flexibility index (Phi) is 4.36. The highest BCUT2D eigenvalue weighted by Crippen LogP contribution is 2.22. The van der Waals surface area contributed by atoms with Crippen molar-refractivity contribution in [2.45, 2.75) is 26.2 Å². The summed E-state index contributed by atoms with van der Waals surface area (Å²) < 4.78 is 26.9. The Balaban J connectivity index is 1.60. The zero-order valence-electron chi connectivity index (χ0n) is 12.9. The number of carbonyl (C=O) groups excluding carboxylic acids is 1. The molecule has 0 unspecified atom stereocenters. The van der Waals surface area contributed by atoms with Gasteiger partial charge in [0.25, 0.3) is 5.91 Å². The Morgan fingerprint density at radius 2 is 2.09 bits per heavy atom. The average Bonchev–Trinajstić information content (AvgIpc) is 2.95. The van der Waals surface area contributed by atoms with Crippen LogP contribution in [0.25, 0.3) is 0 Å². The first kappa shape index (κ1) is 15.6. The molecule has 2 aromatic rings. The maximum absolute atomic E-state index is 13.7. The van der Waals surface area contributed by atoms with Crippen molar-refractivity contribution in [3.63, 3.8) is 0 Å². The number of H-pyrrole nitrogens is 1. The van der Waals surface area contributed by atoms with Gasteiger partial charge in [-0.3, -0.25) is 9.89 Å². The average molecular weight is 320 g/mol. The van der Waals surface area contributed by atoms with E-state index in [-0.39, 0.29) is 5.56 Å². The molecule has 1 saturated heterocycles. The minimum Gasteiger partial charge on any atom is -0.339 e. The Labute approximate surface area is 132 Å². The molecule has 5 nitrogen and oxygen atoms in total. The van der Waals surface area contributed by atoms with E-state index in [2.05, 4.69) is 15.2 Å². The highest BCUT2D eigenvalue weighted by atomic mass is 19.1. The van der Waals surface area contributed by atoms with E-state index in [1.54, 1.807) is 4.90 Å². The highest BCUT2D eigenvalue weighted by molar-refractivity contribution is 5.94. The lowest BCUT2D eigenvalue weighted by molar-refractivity contribution is 0.0684. The van der Waals surface area contributed by atoms with Gasteiger partial charge in [0, 0.05) is 19.5 Å². The maximum atomic E-state index is 13.7. The van der Waals surface area contributed by atoms with Crippen molar-refractivity contribution in [1.82, 2.24) is 20.1 Å². The summed E-state index contributed by atoms with van der Waals surface area (Å²) in [5.41, 5.74) is -0.201. The van der Waals surface area contributed by atoms with Crippen molar-refractivity contribution in [2.24, 2.45) is 5.92 Å². The van der Waals surface area contributed by atoms with Gasteiger partial charge >= 0.3 is 0 Å². The lowest BCUT2D eigenvalue weighted by atomic mass is 9.93. The highest BCUT2D eigenvalue weighted by Gasteiger charge is 2.26. The number of nitrogens with zero attached hydrogens (tertiary/aromatic N) is 3. The van der Waals surface area contributed by atoms with E-state index in [1.165, 1.54) is 0 Å². The Bertz CT molecular complexity index is 708. The Morgan fingerprint density at radius 3 is 2.74 bits per heavy atom. The molecule has 1 fully saturated rings. The van der Waals surface area contributed by atoms with Crippen LogP contribution in [0.1, 0.15) is 34.8 Å². The van der Waals surface area contributed by atoms with Crippen LogP contribution < -0.4 is 0 Å². The SMILES string of the molecule is Cc1nc(CC2CCN(C(=O)c3cc(F)ccc3F)CC2)n[nH]1. The van der Waals surface area contributed by atoms with Crippen molar-refractivity contribution in [1.29, 1.82) is 0 Å². The van der Waals surface area contributed by atoms with Crippen LogP contribution in [0, 0.1) is 24.5 Å². The second-order valence-electron chi connectivity index (χ2n) is 5.90. The normalized spacial score (nSPS) is 15.9. The Hall–Kier alpha value is -2.31. The predicted molar refractivity (Wildman–Crippen MR) is 79.8 cm³/mol. The van der Waals surface area contributed by atoms with E-state index < -0.39 is 17.5 Å². The topological polar surface area (TPSA) is 61.9 Å². The zero-order valence-corrected chi connectivity index (χ0v) is 12.9. The van der Waals surface area contributed by atoms with E-state index in [9.17, 15) is 13.6 Å². The minimum atomic E-state index is -0.685. The molecule has 1 aliphatic rings. The molecule has 23 heavy (non-hydrogen) atoms. The minimum absolute atomic E-state index is 0.201. The van der Waals surface area contributed by atoms with E-state index in [0.717, 1.165) is 49.1 Å². The molecule has 1 aromatic heterocycles. The molecule has 7 heteroatoms. The van der Waals surface area contributed by atoms with E-state index >= 15 is 0 Å². The van der Waals surface area contributed by atoms with Gasteiger partial charge < -0.3 is 4.90 Å². The van der Waals surface area contributed by atoms with Crippen molar-refractivity contribution in [3.05, 3.63) is 47.0 Å². The van der Waals surface area contributed by atoms with E-state index in [1.807, 2.05) is 6.92 Å². The number of aromatic amines is 1. The zero-order chi connectivity index (χ0) is 16.4. The van der Waals surface area contributed by atoms with Gasteiger partial charge in [-0.25, -0.2) is 13.8 Å². The van der Waals surface area contributed by atoms with Gasteiger partial charge in [-0.2, -0.15) is 5.10 Å². The van der Waals surface area contributed by atoms with E-state index in [4.69, 9.17) is 0 Å². The molecule has 0 bridgehead atoms. The monoisotopic (exact) mass is 320 g/mol. The largest absolute Gasteiger partial charge is 0.339 e. The molecule has 1 N–H and O–H groups in total. The smallest absolute Gasteiger partial charge is 0.256 e. The number of likely N-dealkylation sites (tertiary alicyclic amines) is 1. The number of hydrogen-bond acceptors (Lipinski definition) is 3. The number of nitrogens with one attached hydrogen (secondary N) is 1. The number of aromatic nitrogens is 3. The number of rotatable bonds is 3. The summed E-state index contributed by atoms with van der Waals surface area (Å²) in [4.78, 5) is 18.2. The third-order valence-corrected chi connectivity index (χ3v) is 4.18. The Morgan fingerprint density at radius 1 is 1.35 bits per heavy atom. The molecule has 0 radical (unpaired) electrons. The lowest BCUT2D eigenvalue weighted by Crippen LogP contribution is -2.39. The molecule has 0 spiro atoms. The number of aryl methyl sites for hydroxylation is 1. The third kappa shape index (κ3) is 3.55. The summed E-state index contributed by atoms with van der Waals surface area (Å²) in [6, 6.07) is 2.96. The summed E-state index contributed by atoms with van der Waals surface area (Å²) in [6.45, 7) is 2.91. The molecule has 1 aromatic carbocycles. The molecule has 0 saturated carbocycles. The second-order valence-corrected chi connectivity index (χ2v) is 5.90. The first-order valence-electron chi connectivity index (χ1n) is 7.65. The number of benzene rings is 1. The van der Waals surface area contributed by atoms with Crippen molar-refractivity contribution in [3.8, 4) is 0 Å². The molecule has 0 atom stereocenters. The third-order valence-electron chi connectivity index (χ3n) is 4.18. The fourth-order valence-electron chi connectivity index (χ4n) is 2.91. The number of amides is 1. The van der Waals surface area contributed by atoms with Gasteiger partial charge in [0.05, 0.1) is 5.56 Å². The van der Waals surface area contributed by atoms with Crippen LogP contribution in [-0.2, 0) is 6.42 Å². The van der Waals surface area contributed by atoms with Crippen molar-refractivity contribution < 1.29 is 13.6 Å². The first-order valence-corrected chi connectivity index (χ1v) is 7.65. The predicted octanol–water partition coefficient (Wildman–Crippen LogP) is 2.49. The quantitative estimate of drug-likeness (QED) is 0.945. The number of hydrogen-bond donors (Lipinski definition) is 1. The van der Waals surface area contributed by atoms with Crippen molar-refractivity contribution >= 4 is 5.91 Å². The van der Waals surface area contributed by atoms with Gasteiger partial charge in [0.1, 0.15) is 17.5 Å². The van der Waals surface area contributed by atoms with Crippen LogP contribution in [0.5, 0.6) is 0 Å². The number of halogens is 2. The molecule has 3 rings (SSSR count). The maximum Gasteiger partial charge on any atom is 0.256 e. The summed E-state index contributed by atoms with van der Waals surface area (Å²) in [5, 5.41) is 6.94. The van der Waals surface area contributed by atoms with Crippen LogP contribution in [-0.4, -0.2) is 39.1 Å². The van der Waals surface area contributed by atoms with E-state index in [0.29, 0.717) is 19.0 Å². The fraction of sp³-hybridized carbons (Fsp3) is 0.438. The van der Waals surface area contributed by atoms with Gasteiger partial charge in [-0.1, -0.05) is 0 Å². The van der Waals surface area contributed by atoms with Crippen LogP contribution >= 0.6 is 0 Å². The molecule has 122 valence electrons. The lowest BCUT2D eigenvalue weighted by Gasteiger charge is -2.31. The van der Waals surface area contributed by atoms with Gasteiger partial charge in [0.2, 0.25) is 0 Å². The first-order chi connectivity index (χ1) is 11.0. The van der Waals surface area contributed by atoms with Crippen molar-refractivity contribution in [2.75, 3.05) is 13.1 Å². The van der Waals surface area contributed by atoms with Gasteiger partial charge in [-0.15, -0.1) is 0 Å². The van der Waals surface area contributed by atoms with Gasteiger partial charge in [-0.05, 0) is 43.9 Å². The van der Waals surface area contributed by atoms with Gasteiger partial charge in [0.15, 0.2) is 5.82 Å². The number of piperidine rings is 1. The fourth-order valence-corrected chi connectivity index (χ4v) is 2.91. The number of carbonyl (C=O) groups is 1. The summed E-state index contributed by atoms with van der Waals surface area (Å²) in [7, 11) is 0. The molecular formula is C16H18F2N4O.